The van der Waals surface area contributed by atoms with Crippen LogP contribution in [0.3, 0.4) is 0 Å². The maximum atomic E-state index is 11.9. The molecule has 0 bridgehead atoms. The summed E-state index contributed by atoms with van der Waals surface area (Å²) in [6.07, 6.45) is 3.40. The van der Waals surface area contributed by atoms with Crippen molar-refractivity contribution in [2.75, 3.05) is 6.61 Å². The van der Waals surface area contributed by atoms with Gasteiger partial charge in [0.05, 0.1) is 6.10 Å². The molecule has 0 spiro atoms. The standard InChI is InChI=1S/C16H29NO4/c1-10(2)12-7-6-11(3)8-13(12)21-9-14(18)17-16(4,5)15(19)20/h10-13H,6-9H2,1-5H3,(H,17,18)(H,19,20). The summed E-state index contributed by atoms with van der Waals surface area (Å²) < 4.78 is 5.81. The highest BCUT2D eigenvalue weighted by Gasteiger charge is 2.33. The molecule has 0 radical (unpaired) electrons. The minimum atomic E-state index is -1.27. The Labute approximate surface area is 127 Å². The molecule has 0 saturated heterocycles. The van der Waals surface area contributed by atoms with Crippen LogP contribution in [0.25, 0.3) is 0 Å². The number of ether oxygens (including phenoxy) is 1. The molecule has 5 heteroatoms. The van der Waals surface area contributed by atoms with Crippen LogP contribution in [0.2, 0.25) is 0 Å². The Morgan fingerprint density at radius 1 is 1.33 bits per heavy atom. The molecule has 1 aliphatic rings. The van der Waals surface area contributed by atoms with E-state index in [1.807, 2.05) is 0 Å². The average Bonchev–Trinajstić information content (AvgIpc) is 2.35. The van der Waals surface area contributed by atoms with Gasteiger partial charge in [0.25, 0.3) is 0 Å². The van der Waals surface area contributed by atoms with E-state index in [-0.39, 0.29) is 18.6 Å². The first-order valence-corrected chi connectivity index (χ1v) is 7.79. The molecule has 0 aromatic heterocycles. The van der Waals surface area contributed by atoms with Gasteiger partial charge in [-0.3, -0.25) is 4.79 Å². The summed E-state index contributed by atoms with van der Waals surface area (Å²) in [5.74, 6) is 0.191. The zero-order valence-electron chi connectivity index (χ0n) is 13.8. The van der Waals surface area contributed by atoms with Gasteiger partial charge in [0, 0.05) is 0 Å². The van der Waals surface area contributed by atoms with E-state index in [0.717, 1.165) is 12.8 Å². The highest BCUT2D eigenvalue weighted by atomic mass is 16.5. The van der Waals surface area contributed by atoms with Crippen LogP contribution >= 0.6 is 0 Å². The Kier molecular flexibility index (Phi) is 6.20. The first kappa shape index (κ1) is 18.0. The van der Waals surface area contributed by atoms with Crippen LogP contribution in [0.15, 0.2) is 0 Å². The lowest BCUT2D eigenvalue weighted by atomic mass is 9.75. The van der Waals surface area contributed by atoms with Crippen molar-refractivity contribution in [3.8, 4) is 0 Å². The number of aliphatic carboxylic acids is 1. The zero-order valence-corrected chi connectivity index (χ0v) is 13.8. The van der Waals surface area contributed by atoms with Crippen molar-refractivity contribution in [1.82, 2.24) is 5.32 Å². The van der Waals surface area contributed by atoms with Crippen LogP contribution in [-0.2, 0) is 14.3 Å². The van der Waals surface area contributed by atoms with Gasteiger partial charge in [0.1, 0.15) is 12.1 Å². The van der Waals surface area contributed by atoms with Gasteiger partial charge in [0.15, 0.2) is 0 Å². The number of carbonyl (C=O) groups excluding carboxylic acids is 1. The van der Waals surface area contributed by atoms with Crippen LogP contribution in [0.5, 0.6) is 0 Å². The van der Waals surface area contributed by atoms with Crippen LogP contribution in [0, 0.1) is 17.8 Å². The van der Waals surface area contributed by atoms with E-state index >= 15 is 0 Å². The lowest BCUT2D eigenvalue weighted by Gasteiger charge is -2.37. The Morgan fingerprint density at radius 3 is 2.48 bits per heavy atom. The molecule has 1 saturated carbocycles. The average molecular weight is 299 g/mol. The molecule has 0 heterocycles. The Balaban J connectivity index is 2.52. The third-order valence-corrected chi connectivity index (χ3v) is 4.38. The number of rotatable bonds is 6. The molecule has 5 nitrogen and oxygen atoms in total. The first-order chi connectivity index (χ1) is 9.63. The van der Waals surface area contributed by atoms with E-state index in [1.54, 1.807) is 0 Å². The van der Waals surface area contributed by atoms with E-state index in [2.05, 4.69) is 26.1 Å². The minimum Gasteiger partial charge on any atom is -0.480 e. The minimum absolute atomic E-state index is 0.0721. The van der Waals surface area contributed by atoms with E-state index in [0.29, 0.717) is 17.8 Å². The molecule has 122 valence electrons. The first-order valence-electron chi connectivity index (χ1n) is 7.79. The maximum absolute atomic E-state index is 11.9. The summed E-state index contributed by atoms with van der Waals surface area (Å²) in [6.45, 7) is 9.44. The second-order valence-electron chi connectivity index (χ2n) is 7.15. The quantitative estimate of drug-likeness (QED) is 0.790. The van der Waals surface area contributed by atoms with Gasteiger partial charge in [-0.25, -0.2) is 4.79 Å². The summed E-state index contributed by atoms with van der Waals surface area (Å²) in [6, 6.07) is 0. The molecule has 2 N–H and O–H groups in total. The fraction of sp³-hybridized carbons (Fsp3) is 0.875. The van der Waals surface area contributed by atoms with Gasteiger partial charge in [-0.1, -0.05) is 27.2 Å². The molecular weight excluding hydrogens is 270 g/mol. The molecule has 3 unspecified atom stereocenters. The topological polar surface area (TPSA) is 75.6 Å². The van der Waals surface area contributed by atoms with E-state index in [9.17, 15) is 9.59 Å². The molecule has 1 fully saturated rings. The number of carboxylic acid groups (broad SMARTS) is 1. The van der Waals surface area contributed by atoms with Gasteiger partial charge >= 0.3 is 5.97 Å². The zero-order chi connectivity index (χ0) is 16.2. The predicted octanol–water partition coefficient (Wildman–Crippen LogP) is 2.44. The lowest BCUT2D eigenvalue weighted by molar-refractivity contribution is -0.147. The van der Waals surface area contributed by atoms with Gasteiger partial charge in [-0.2, -0.15) is 0 Å². The van der Waals surface area contributed by atoms with Crippen LogP contribution in [0.4, 0.5) is 0 Å². The van der Waals surface area contributed by atoms with Crippen LogP contribution in [0.1, 0.15) is 53.9 Å². The summed E-state index contributed by atoms with van der Waals surface area (Å²) >= 11 is 0. The number of nitrogens with one attached hydrogen (secondary N) is 1. The van der Waals surface area contributed by atoms with E-state index < -0.39 is 11.5 Å². The summed E-state index contributed by atoms with van der Waals surface area (Å²) in [5.41, 5.74) is -1.27. The van der Waals surface area contributed by atoms with E-state index in [1.165, 1.54) is 20.3 Å². The number of hydrogen-bond donors (Lipinski definition) is 2. The van der Waals surface area contributed by atoms with Crippen molar-refractivity contribution in [2.45, 2.75) is 65.5 Å². The molecule has 0 aromatic rings. The summed E-state index contributed by atoms with van der Waals surface area (Å²) in [7, 11) is 0. The molecule has 1 amide bonds. The second-order valence-corrected chi connectivity index (χ2v) is 7.15. The van der Waals surface area contributed by atoms with Gasteiger partial charge in [0.2, 0.25) is 5.91 Å². The molecule has 0 aliphatic heterocycles. The molecule has 21 heavy (non-hydrogen) atoms. The van der Waals surface area contributed by atoms with Gasteiger partial charge in [-0.15, -0.1) is 0 Å². The fourth-order valence-electron chi connectivity index (χ4n) is 2.93. The van der Waals surface area contributed by atoms with Crippen LogP contribution < -0.4 is 5.32 Å². The maximum Gasteiger partial charge on any atom is 0.328 e. The highest BCUT2D eigenvalue weighted by molar-refractivity contribution is 5.86. The summed E-state index contributed by atoms with van der Waals surface area (Å²) in [5, 5.41) is 11.5. The Bertz CT molecular complexity index is 378. The Morgan fingerprint density at radius 2 is 1.95 bits per heavy atom. The molecule has 1 rings (SSSR count). The summed E-state index contributed by atoms with van der Waals surface area (Å²) in [4.78, 5) is 22.9. The predicted molar refractivity (Wildman–Crippen MR) is 80.9 cm³/mol. The SMILES string of the molecule is CC1CCC(C(C)C)C(OCC(=O)NC(C)(C)C(=O)O)C1. The fourth-order valence-corrected chi connectivity index (χ4v) is 2.93. The van der Waals surface area contributed by atoms with Crippen molar-refractivity contribution in [3.05, 3.63) is 0 Å². The van der Waals surface area contributed by atoms with Gasteiger partial charge < -0.3 is 15.2 Å². The van der Waals surface area contributed by atoms with E-state index in [4.69, 9.17) is 9.84 Å². The molecule has 0 aromatic carbocycles. The molecule has 1 aliphatic carbocycles. The number of carboxylic acids is 1. The van der Waals surface area contributed by atoms with Crippen molar-refractivity contribution in [3.63, 3.8) is 0 Å². The highest BCUT2D eigenvalue weighted by Crippen LogP contribution is 2.35. The number of hydrogen-bond acceptors (Lipinski definition) is 3. The third kappa shape index (κ3) is 5.30. The van der Waals surface area contributed by atoms with Crippen molar-refractivity contribution in [2.24, 2.45) is 17.8 Å². The van der Waals surface area contributed by atoms with Crippen molar-refractivity contribution < 1.29 is 19.4 Å². The second kappa shape index (κ2) is 7.25. The normalized spacial score (nSPS) is 26.7. The number of amides is 1. The van der Waals surface area contributed by atoms with Crippen LogP contribution in [-0.4, -0.2) is 35.2 Å². The Hall–Kier alpha value is -1.10. The largest absolute Gasteiger partial charge is 0.480 e. The number of carbonyl (C=O) groups is 2. The molecular formula is C16H29NO4. The third-order valence-electron chi connectivity index (χ3n) is 4.38. The monoisotopic (exact) mass is 299 g/mol. The molecule has 3 atom stereocenters. The van der Waals surface area contributed by atoms with Crippen molar-refractivity contribution >= 4 is 11.9 Å². The lowest BCUT2D eigenvalue weighted by Crippen LogP contribution is -2.51. The van der Waals surface area contributed by atoms with Crippen molar-refractivity contribution in [1.29, 1.82) is 0 Å². The van der Waals surface area contributed by atoms with Gasteiger partial charge in [-0.05, 0) is 44.4 Å². The smallest absolute Gasteiger partial charge is 0.328 e.